The zero-order valence-electron chi connectivity index (χ0n) is 9.28. The van der Waals surface area contributed by atoms with Gasteiger partial charge in [0.05, 0.1) is 17.7 Å². The van der Waals surface area contributed by atoms with Crippen LogP contribution in [0.15, 0.2) is 23.2 Å². The van der Waals surface area contributed by atoms with Crippen molar-refractivity contribution in [2.45, 2.75) is 18.4 Å². The topological polar surface area (TPSA) is 47.6 Å². The maximum Gasteiger partial charge on any atom is 0.154 e. The van der Waals surface area contributed by atoms with Crippen molar-refractivity contribution in [1.82, 2.24) is 0 Å². The molecule has 2 aliphatic rings. The van der Waals surface area contributed by atoms with Crippen LogP contribution in [0.2, 0.25) is 0 Å². The van der Waals surface area contributed by atoms with Crippen LogP contribution >= 0.6 is 11.8 Å². The first-order valence-corrected chi connectivity index (χ1v) is 6.60. The van der Waals surface area contributed by atoms with E-state index in [1.165, 1.54) is 17.8 Å². The Morgan fingerprint density at radius 3 is 3.12 bits per heavy atom. The summed E-state index contributed by atoms with van der Waals surface area (Å²) in [5.41, 5.74) is 5.87. The lowest BCUT2D eigenvalue weighted by Crippen LogP contribution is -2.37. The molecule has 3 rings (SSSR count). The average Bonchev–Trinajstić information content (AvgIpc) is 2.29. The first-order chi connectivity index (χ1) is 8.21. The van der Waals surface area contributed by atoms with Crippen LogP contribution in [-0.4, -0.2) is 17.5 Å². The van der Waals surface area contributed by atoms with E-state index in [1.807, 2.05) is 0 Å². The summed E-state index contributed by atoms with van der Waals surface area (Å²) < 4.78 is 19.5. The smallest absolute Gasteiger partial charge is 0.154 e. The predicted octanol–water partition coefficient (Wildman–Crippen LogP) is 2.26. The highest BCUT2D eigenvalue weighted by Gasteiger charge is 2.41. The van der Waals surface area contributed by atoms with Crippen molar-refractivity contribution in [3.8, 4) is 5.75 Å². The highest BCUT2D eigenvalue weighted by atomic mass is 32.2. The van der Waals surface area contributed by atoms with Gasteiger partial charge in [-0.15, -0.1) is 0 Å². The molecule has 5 heteroatoms. The van der Waals surface area contributed by atoms with E-state index in [1.54, 1.807) is 12.1 Å². The second kappa shape index (κ2) is 3.91. The Morgan fingerprint density at radius 1 is 1.41 bits per heavy atom. The minimum absolute atomic E-state index is 0.245. The molecular weight excluding hydrogens is 239 g/mol. The Kier molecular flexibility index (Phi) is 2.50. The molecule has 0 saturated heterocycles. The third-order valence-corrected chi connectivity index (χ3v) is 4.10. The van der Waals surface area contributed by atoms with Crippen molar-refractivity contribution < 1.29 is 9.13 Å². The lowest BCUT2D eigenvalue weighted by Gasteiger charge is -2.38. The van der Waals surface area contributed by atoms with E-state index in [9.17, 15) is 4.39 Å². The second-order valence-corrected chi connectivity index (χ2v) is 5.41. The van der Waals surface area contributed by atoms with Crippen LogP contribution in [-0.2, 0) is 5.54 Å². The normalized spacial score (nSPS) is 27.2. The van der Waals surface area contributed by atoms with E-state index in [2.05, 4.69) is 4.99 Å². The molecule has 90 valence electrons. The van der Waals surface area contributed by atoms with Crippen molar-refractivity contribution in [2.24, 2.45) is 10.7 Å². The largest absolute Gasteiger partial charge is 0.493 e. The highest BCUT2D eigenvalue weighted by Crippen LogP contribution is 2.46. The van der Waals surface area contributed by atoms with E-state index in [0.717, 1.165) is 12.2 Å². The first-order valence-electron chi connectivity index (χ1n) is 5.61. The quantitative estimate of drug-likeness (QED) is 0.770. The number of halogens is 1. The summed E-state index contributed by atoms with van der Waals surface area (Å²) in [6.45, 7) is 0.567. The molecule has 0 aromatic heterocycles. The Hall–Kier alpha value is -1.23. The molecule has 17 heavy (non-hydrogen) atoms. The monoisotopic (exact) mass is 252 g/mol. The number of nitrogens with zero attached hydrogens (tertiary/aromatic N) is 1. The van der Waals surface area contributed by atoms with Crippen molar-refractivity contribution in [1.29, 1.82) is 0 Å². The van der Waals surface area contributed by atoms with E-state index in [4.69, 9.17) is 10.5 Å². The predicted molar refractivity (Wildman–Crippen MR) is 66.9 cm³/mol. The van der Waals surface area contributed by atoms with Crippen LogP contribution in [0.5, 0.6) is 5.75 Å². The molecule has 1 spiro atoms. The Balaban J connectivity index is 2.19. The number of ether oxygens (including phenoxy) is 1. The van der Waals surface area contributed by atoms with Crippen LogP contribution in [0.4, 0.5) is 4.39 Å². The average molecular weight is 252 g/mol. The van der Waals surface area contributed by atoms with Gasteiger partial charge >= 0.3 is 0 Å². The maximum atomic E-state index is 14.0. The fourth-order valence-corrected chi connectivity index (χ4v) is 3.40. The molecule has 1 atom stereocenters. The molecule has 0 bridgehead atoms. The highest BCUT2D eigenvalue weighted by molar-refractivity contribution is 8.13. The Labute approximate surface area is 103 Å². The van der Waals surface area contributed by atoms with Crippen LogP contribution in [0.1, 0.15) is 18.4 Å². The summed E-state index contributed by atoms with van der Waals surface area (Å²) in [6.07, 6.45) is 1.51. The Morgan fingerprint density at radius 2 is 2.29 bits per heavy atom. The van der Waals surface area contributed by atoms with Gasteiger partial charge in [-0.25, -0.2) is 4.39 Å². The van der Waals surface area contributed by atoms with Crippen molar-refractivity contribution >= 4 is 16.9 Å². The number of rotatable bonds is 0. The van der Waals surface area contributed by atoms with Gasteiger partial charge in [0.15, 0.2) is 5.17 Å². The summed E-state index contributed by atoms with van der Waals surface area (Å²) in [6, 6.07) is 4.92. The van der Waals surface area contributed by atoms with Gasteiger partial charge in [0.1, 0.15) is 11.6 Å². The molecule has 0 amide bonds. The zero-order chi connectivity index (χ0) is 11.9. The van der Waals surface area contributed by atoms with Crippen LogP contribution in [0.25, 0.3) is 0 Å². The minimum Gasteiger partial charge on any atom is -0.493 e. The first kappa shape index (κ1) is 10.9. The summed E-state index contributed by atoms with van der Waals surface area (Å²) >= 11 is 1.53. The summed E-state index contributed by atoms with van der Waals surface area (Å²) in [4.78, 5) is 4.51. The van der Waals surface area contributed by atoms with Gasteiger partial charge in [0.2, 0.25) is 0 Å². The SMILES string of the molecule is NC1=NC2(CCOc3cccc(F)c32)CCS1. The molecular formula is C12H13FN2OS. The molecule has 3 nitrogen and oxygen atoms in total. The van der Waals surface area contributed by atoms with E-state index < -0.39 is 5.54 Å². The molecule has 0 radical (unpaired) electrons. The van der Waals surface area contributed by atoms with Gasteiger partial charge in [-0.2, -0.15) is 0 Å². The number of thioether (sulfide) groups is 1. The molecule has 0 fully saturated rings. The van der Waals surface area contributed by atoms with Gasteiger partial charge in [-0.05, 0) is 18.6 Å². The van der Waals surface area contributed by atoms with Gasteiger partial charge in [-0.3, -0.25) is 4.99 Å². The molecule has 1 aromatic carbocycles. The van der Waals surface area contributed by atoms with Crippen LogP contribution in [0, 0.1) is 5.82 Å². The zero-order valence-corrected chi connectivity index (χ0v) is 10.1. The van der Waals surface area contributed by atoms with Crippen LogP contribution < -0.4 is 10.5 Å². The third kappa shape index (κ3) is 1.69. The number of fused-ring (bicyclic) bond motifs is 2. The van der Waals surface area contributed by atoms with Gasteiger partial charge in [0.25, 0.3) is 0 Å². The number of benzene rings is 1. The second-order valence-electron chi connectivity index (χ2n) is 4.29. The van der Waals surface area contributed by atoms with Gasteiger partial charge in [-0.1, -0.05) is 17.8 Å². The van der Waals surface area contributed by atoms with Crippen molar-refractivity contribution in [2.75, 3.05) is 12.4 Å². The fraction of sp³-hybridized carbons (Fsp3) is 0.417. The molecule has 1 aromatic rings. The summed E-state index contributed by atoms with van der Waals surface area (Å²) in [7, 11) is 0. The van der Waals surface area contributed by atoms with E-state index >= 15 is 0 Å². The number of hydrogen-bond donors (Lipinski definition) is 1. The fourth-order valence-electron chi connectivity index (χ4n) is 2.52. The molecule has 2 heterocycles. The maximum absolute atomic E-state index is 14.0. The molecule has 2 N–H and O–H groups in total. The summed E-state index contributed by atoms with van der Waals surface area (Å²) in [5, 5.41) is 0.548. The number of aliphatic imine (C=N–C) groups is 1. The van der Waals surface area contributed by atoms with Crippen molar-refractivity contribution in [3.63, 3.8) is 0 Å². The molecule has 0 aliphatic carbocycles. The molecule has 2 aliphatic heterocycles. The van der Waals surface area contributed by atoms with E-state index in [0.29, 0.717) is 29.5 Å². The number of amidine groups is 1. The van der Waals surface area contributed by atoms with Crippen LogP contribution in [0.3, 0.4) is 0 Å². The van der Waals surface area contributed by atoms with Gasteiger partial charge in [0, 0.05) is 12.2 Å². The molecule has 0 saturated carbocycles. The third-order valence-electron chi connectivity index (χ3n) is 3.30. The van der Waals surface area contributed by atoms with Gasteiger partial charge < -0.3 is 10.5 Å². The number of nitrogens with two attached hydrogens (primary N) is 1. The Bertz CT molecular complexity index is 491. The van der Waals surface area contributed by atoms with E-state index in [-0.39, 0.29) is 5.82 Å². The summed E-state index contributed by atoms with van der Waals surface area (Å²) in [5.74, 6) is 1.24. The minimum atomic E-state index is -0.506. The van der Waals surface area contributed by atoms with Crippen molar-refractivity contribution in [3.05, 3.63) is 29.6 Å². The molecule has 1 unspecified atom stereocenters. The standard InChI is InChI=1S/C12H13FN2OS/c13-8-2-1-3-9-10(8)12(4-6-16-9)5-7-17-11(14)15-12/h1-3H,4-7H2,(H2,14,15). The lowest BCUT2D eigenvalue weighted by molar-refractivity contribution is 0.208. The number of hydrogen-bond acceptors (Lipinski definition) is 4. The lowest BCUT2D eigenvalue weighted by atomic mass is 9.82.